The largest absolute Gasteiger partial charge is 0.482 e. The summed E-state index contributed by atoms with van der Waals surface area (Å²) in [5.41, 5.74) is 3.25. The van der Waals surface area contributed by atoms with Gasteiger partial charge in [-0.3, -0.25) is 0 Å². The van der Waals surface area contributed by atoms with Crippen molar-refractivity contribution in [1.29, 1.82) is 0 Å². The van der Waals surface area contributed by atoms with Crippen LogP contribution >= 0.6 is 11.3 Å². The Hall–Kier alpha value is -2.97. The topological polar surface area (TPSA) is 93.6 Å². The fourth-order valence-corrected chi connectivity index (χ4v) is 5.89. The molecule has 0 aliphatic heterocycles. The number of benzene rings is 2. The molecule has 0 spiro atoms. The van der Waals surface area contributed by atoms with Crippen molar-refractivity contribution in [3.63, 3.8) is 0 Å². The molecule has 1 aromatic heterocycles. The summed E-state index contributed by atoms with van der Waals surface area (Å²) in [6.45, 7) is -0.423. The van der Waals surface area contributed by atoms with E-state index in [0.29, 0.717) is 24.3 Å². The van der Waals surface area contributed by atoms with Crippen molar-refractivity contribution in [3.8, 4) is 17.0 Å². The van der Waals surface area contributed by atoms with Gasteiger partial charge >= 0.3 is 5.97 Å². The molecule has 0 bridgehead atoms. The normalized spacial score (nSPS) is 13.1. The van der Waals surface area contributed by atoms with Gasteiger partial charge in [-0.15, -0.1) is 11.3 Å². The third kappa shape index (κ3) is 4.29. The molecule has 0 fully saturated rings. The van der Waals surface area contributed by atoms with E-state index in [4.69, 9.17) is 9.84 Å². The number of aryl methyl sites for hydroxylation is 1. The van der Waals surface area contributed by atoms with Crippen LogP contribution in [0, 0.1) is 0 Å². The number of hydrogen-bond acceptors (Lipinski definition) is 6. The summed E-state index contributed by atoms with van der Waals surface area (Å²) >= 11 is 1.21. The standard InChI is InChI=1S/C22H19NO5S2/c24-20(25)14-28-18-10-4-9-17-16(18)11-12-19-21(17)23-22(29-19)30(26,27)13-5-8-15-6-2-1-3-7-15/h1-10H,11-14H2,(H,24,25)/b8-5+. The Morgan fingerprint density at radius 1 is 1.13 bits per heavy atom. The van der Waals surface area contributed by atoms with E-state index in [2.05, 4.69) is 4.98 Å². The second-order valence-electron chi connectivity index (χ2n) is 6.81. The Bertz CT molecular complexity index is 1210. The van der Waals surface area contributed by atoms with Crippen molar-refractivity contribution in [2.45, 2.75) is 17.2 Å². The third-order valence-electron chi connectivity index (χ3n) is 4.71. The lowest BCUT2D eigenvalue weighted by atomic mass is 9.93. The SMILES string of the molecule is O=C(O)COc1cccc2c1CCc1sc(S(=O)(=O)C/C=C/c3ccccc3)nc1-2. The van der Waals surface area contributed by atoms with E-state index in [1.165, 1.54) is 11.3 Å². The summed E-state index contributed by atoms with van der Waals surface area (Å²) in [6.07, 6.45) is 4.71. The lowest BCUT2D eigenvalue weighted by Gasteiger charge is -2.18. The second kappa shape index (κ2) is 8.41. The Morgan fingerprint density at radius 3 is 2.70 bits per heavy atom. The lowest BCUT2D eigenvalue weighted by molar-refractivity contribution is -0.139. The number of carboxylic acids is 1. The number of fused-ring (bicyclic) bond motifs is 3. The molecule has 0 saturated heterocycles. The molecular formula is C22H19NO5S2. The number of aliphatic carboxylic acids is 1. The molecule has 1 heterocycles. The first-order chi connectivity index (χ1) is 14.4. The van der Waals surface area contributed by atoms with E-state index in [0.717, 1.165) is 21.6 Å². The van der Waals surface area contributed by atoms with Crippen LogP contribution in [0.25, 0.3) is 17.3 Å². The zero-order chi connectivity index (χ0) is 21.1. The molecule has 0 saturated carbocycles. The molecule has 0 amide bonds. The van der Waals surface area contributed by atoms with Crippen LogP contribution in [-0.2, 0) is 27.5 Å². The highest BCUT2D eigenvalue weighted by Crippen LogP contribution is 2.41. The van der Waals surface area contributed by atoms with E-state index in [-0.39, 0.29) is 10.1 Å². The van der Waals surface area contributed by atoms with Gasteiger partial charge in [0.1, 0.15) is 5.75 Å². The first-order valence-corrected chi connectivity index (χ1v) is 11.8. The number of carboxylic acid groups (broad SMARTS) is 1. The molecular weight excluding hydrogens is 422 g/mol. The summed E-state index contributed by atoms with van der Waals surface area (Å²) in [5.74, 6) is -0.665. The first-order valence-electron chi connectivity index (χ1n) is 9.35. The number of ether oxygens (including phenoxy) is 1. The molecule has 4 rings (SSSR count). The molecule has 154 valence electrons. The van der Waals surface area contributed by atoms with Gasteiger partial charge < -0.3 is 9.84 Å². The number of sulfone groups is 1. The Labute approximate surface area is 178 Å². The molecule has 30 heavy (non-hydrogen) atoms. The minimum absolute atomic E-state index is 0.106. The zero-order valence-corrected chi connectivity index (χ0v) is 17.6. The van der Waals surface area contributed by atoms with Crippen molar-refractivity contribution < 1.29 is 23.1 Å². The van der Waals surface area contributed by atoms with Crippen LogP contribution in [-0.4, -0.2) is 36.8 Å². The number of nitrogens with zero attached hydrogens (tertiary/aromatic N) is 1. The number of hydrogen-bond donors (Lipinski definition) is 1. The van der Waals surface area contributed by atoms with Gasteiger partial charge in [0, 0.05) is 16.0 Å². The number of thiazole rings is 1. The van der Waals surface area contributed by atoms with Gasteiger partial charge in [-0.25, -0.2) is 18.2 Å². The average Bonchev–Trinajstić information content (AvgIpc) is 3.19. The van der Waals surface area contributed by atoms with Crippen molar-refractivity contribution in [1.82, 2.24) is 4.98 Å². The van der Waals surface area contributed by atoms with Gasteiger partial charge in [0.15, 0.2) is 6.61 Å². The van der Waals surface area contributed by atoms with E-state index >= 15 is 0 Å². The summed E-state index contributed by atoms with van der Waals surface area (Å²) < 4.78 is 31.1. The summed E-state index contributed by atoms with van der Waals surface area (Å²) in [7, 11) is -3.55. The monoisotopic (exact) mass is 441 g/mol. The molecule has 1 aliphatic carbocycles. The molecule has 0 atom stereocenters. The highest BCUT2D eigenvalue weighted by molar-refractivity contribution is 7.93. The van der Waals surface area contributed by atoms with Crippen LogP contribution in [0.5, 0.6) is 5.75 Å². The molecule has 1 aliphatic rings. The smallest absolute Gasteiger partial charge is 0.341 e. The predicted octanol–water partition coefficient (Wildman–Crippen LogP) is 3.86. The minimum Gasteiger partial charge on any atom is -0.482 e. The van der Waals surface area contributed by atoms with Crippen LogP contribution in [0.3, 0.4) is 0 Å². The molecule has 6 nitrogen and oxygen atoms in total. The van der Waals surface area contributed by atoms with E-state index < -0.39 is 22.4 Å². The molecule has 3 aromatic rings. The second-order valence-corrected chi connectivity index (χ2v) is 10.1. The van der Waals surface area contributed by atoms with Gasteiger partial charge in [0.2, 0.25) is 14.2 Å². The number of rotatable bonds is 7. The highest BCUT2D eigenvalue weighted by Gasteiger charge is 2.27. The minimum atomic E-state index is -3.55. The Balaban J connectivity index is 1.59. The van der Waals surface area contributed by atoms with Crippen LogP contribution < -0.4 is 4.74 Å². The summed E-state index contributed by atoms with van der Waals surface area (Å²) in [6, 6.07) is 14.9. The predicted molar refractivity (Wildman–Crippen MR) is 116 cm³/mol. The van der Waals surface area contributed by atoms with Crippen molar-refractivity contribution in [3.05, 3.63) is 70.6 Å². The number of aromatic nitrogens is 1. The van der Waals surface area contributed by atoms with Crippen molar-refractivity contribution >= 4 is 33.2 Å². The molecule has 0 unspecified atom stereocenters. The molecule has 0 radical (unpaired) electrons. The van der Waals surface area contributed by atoms with Gasteiger partial charge in [0.05, 0.1) is 11.4 Å². The maximum absolute atomic E-state index is 12.8. The molecule has 8 heteroatoms. The fourth-order valence-electron chi connectivity index (χ4n) is 3.35. The number of carbonyl (C=O) groups is 1. The van der Waals surface area contributed by atoms with Gasteiger partial charge in [-0.1, -0.05) is 54.6 Å². The summed E-state index contributed by atoms with van der Waals surface area (Å²) in [5, 5.41) is 8.87. The first kappa shape index (κ1) is 20.3. The van der Waals surface area contributed by atoms with Crippen molar-refractivity contribution in [2.24, 2.45) is 0 Å². The van der Waals surface area contributed by atoms with Gasteiger partial charge in [-0.05, 0) is 24.5 Å². The quantitative estimate of drug-likeness (QED) is 0.598. The molecule has 1 N–H and O–H groups in total. The fraction of sp³-hybridized carbons (Fsp3) is 0.182. The van der Waals surface area contributed by atoms with Crippen molar-refractivity contribution in [2.75, 3.05) is 12.4 Å². The van der Waals surface area contributed by atoms with Gasteiger partial charge in [0.25, 0.3) is 0 Å². The van der Waals surface area contributed by atoms with E-state index in [9.17, 15) is 13.2 Å². The van der Waals surface area contributed by atoms with E-state index in [1.807, 2.05) is 36.4 Å². The highest BCUT2D eigenvalue weighted by atomic mass is 32.2. The summed E-state index contributed by atoms with van der Waals surface area (Å²) in [4.78, 5) is 16.2. The average molecular weight is 442 g/mol. The third-order valence-corrected chi connectivity index (χ3v) is 7.89. The van der Waals surface area contributed by atoms with Crippen LogP contribution in [0.1, 0.15) is 16.0 Å². The van der Waals surface area contributed by atoms with Crippen LogP contribution in [0.4, 0.5) is 0 Å². The van der Waals surface area contributed by atoms with Crippen LogP contribution in [0.15, 0.2) is 58.9 Å². The Kier molecular flexibility index (Phi) is 5.69. The Morgan fingerprint density at radius 2 is 1.93 bits per heavy atom. The zero-order valence-electron chi connectivity index (χ0n) is 15.9. The maximum atomic E-state index is 12.8. The molecule has 2 aromatic carbocycles. The van der Waals surface area contributed by atoms with E-state index in [1.54, 1.807) is 24.3 Å². The van der Waals surface area contributed by atoms with Crippen LogP contribution in [0.2, 0.25) is 0 Å². The maximum Gasteiger partial charge on any atom is 0.341 e. The lowest BCUT2D eigenvalue weighted by Crippen LogP contribution is -2.12. The van der Waals surface area contributed by atoms with Gasteiger partial charge in [-0.2, -0.15) is 0 Å².